The minimum absolute atomic E-state index is 0.0324. The second-order valence-corrected chi connectivity index (χ2v) is 7.91. The number of hydrogen-bond acceptors (Lipinski definition) is 6. The van der Waals surface area contributed by atoms with Gasteiger partial charge in [-0.2, -0.15) is 0 Å². The maximum absolute atomic E-state index is 12.7. The van der Waals surface area contributed by atoms with Crippen LogP contribution in [0.15, 0.2) is 12.3 Å². The summed E-state index contributed by atoms with van der Waals surface area (Å²) in [5.41, 5.74) is 0.989. The first-order valence-corrected chi connectivity index (χ1v) is 9.13. The summed E-state index contributed by atoms with van der Waals surface area (Å²) >= 11 is 0. The third-order valence-electron chi connectivity index (χ3n) is 6.07. The summed E-state index contributed by atoms with van der Waals surface area (Å²) in [5, 5.41) is 3.00. The number of ether oxygens (including phenoxy) is 2. The number of methoxy groups -OCH3 is 2. The van der Waals surface area contributed by atoms with Crippen LogP contribution in [0.25, 0.3) is 0 Å². The molecule has 3 fully saturated rings. The van der Waals surface area contributed by atoms with Crippen LogP contribution < -0.4 is 10.2 Å². The fourth-order valence-corrected chi connectivity index (χ4v) is 4.87. The molecule has 1 aromatic heterocycles. The van der Waals surface area contributed by atoms with Crippen molar-refractivity contribution in [1.29, 1.82) is 0 Å². The Bertz CT molecular complexity index is 802. The number of aryl methyl sites for hydroxylation is 1. The standard InChI is InChI=1S/C19H23N3O5/c1-26-15(23)13-6-12-4-3-5-22(14(12)20-7-13)17(25)21-11-18-8-19(9-18,10-18)16(24)27-2/h6-7H,3-5,8-11H2,1-2H3,(H,21,25). The van der Waals surface area contributed by atoms with Gasteiger partial charge in [-0.05, 0) is 49.1 Å². The molecule has 0 atom stereocenters. The highest BCUT2D eigenvalue weighted by Crippen LogP contribution is 2.73. The van der Waals surface area contributed by atoms with E-state index in [9.17, 15) is 14.4 Å². The zero-order valence-corrected chi connectivity index (χ0v) is 15.5. The maximum Gasteiger partial charge on any atom is 0.339 e. The number of rotatable bonds is 4. The van der Waals surface area contributed by atoms with Gasteiger partial charge in [0.25, 0.3) is 0 Å². The van der Waals surface area contributed by atoms with Crippen molar-refractivity contribution in [2.24, 2.45) is 10.8 Å². The largest absolute Gasteiger partial charge is 0.469 e. The number of amides is 2. The van der Waals surface area contributed by atoms with E-state index in [2.05, 4.69) is 10.3 Å². The van der Waals surface area contributed by atoms with Crippen molar-refractivity contribution in [2.75, 3.05) is 32.2 Å². The Morgan fingerprint density at radius 2 is 1.96 bits per heavy atom. The van der Waals surface area contributed by atoms with Gasteiger partial charge >= 0.3 is 18.0 Å². The minimum Gasteiger partial charge on any atom is -0.469 e. The van der Waals surface area contributed by atoms with Gasteiger partial charge < -0.3 is 14.8 Å². The minimum atomic E-state index is -0.435. The summed E-state index contributed by atoms with van der Waals surface area (Å²) in [6.45, 7) is 1.14. The van der Waals surface area contributed by atoms with E-state index in [1.165, 1.54) is 20.4 Å². The van der Waals surface area contributed by atoms with E-state index in [0.29, 0.717) is 24.5 Å². The molecule has 144 valence electrons. The van der Waals surface area contributed by atoms with E-state index in [4.69, 9.17) is 9.47 Å². The molecule has 1 aromatic rings. The molecule has 5 rings (SSSR count). The van der Waals surface area contributed by atoms with Gasteiger partial charge in [-0.3, -0.25) is 9.69 Å². The number of carbonyl (C=O) groups excluding carboxylic acids is 3. The summed E-state index contributed by atoms with van der Waals surface area (Å²) in [4.78, 5) is 42.1. The topological polar surface area (TPSA) is 97.8 Å². The molecule has 1 N–H and O–H groups in total. The average Bonchev–Trinajstić information content (AvgIpc) is 2.63. The smallest absolute Gasteiger partial charge is 0.339 e. The molecule has 0 aromatic carbocycles. The number of aromatic nitrogens is 1. The lowest BCUT2D eigenvalue weighted by Gasteiger charge is -2.68. The van der Waals surface area contributed by atoms with E-state index in [1.807, 2.05) is 0 Å². The van der Waals surface area contributed by atoms with Crippen molar-refractivity contribution in [2.45, 2.75) is 32.1 Å². The molecule has 2 heterocycles. The number of nitrogens with zero attached hydrogens (tertiary/aromatic N) is 2. The van der Waals surface area contributed by atoms with Crippen LogP contribution in [0.3, 0.4) is 0 Å². The average molecular weight is 373 g/mol. The number of nitrogens with one attached hydrogen (secondary N) is 1. The first-order valence-electron chi connectivity index (χ1n) is 9.13. The van der Waals surface area contributed by atoms with Crippen LogP contribution in [0.1, 0.15) is 41.6 Å². The Balaban J connectivity index is 1.39. The summed E-state index contributed by atoms with van der Waals surface area (Å²) in [5.74, 6) is 0.0244. The zero-order chi connectivity index (χ0) is 19.2. The van der Waals surface area contributed by atoms with Crippen LogP contribution >= 0.6 is 0 Å². The van der Waals surface area contributed by atoms with E-state index >= 15 is 0 Å². The van der Waals surface area contributed by atoms with Crippen LogP contribution in [0.4, 0.5) is 10.6 Å². The lowest BCUT2D eigenvalue weighted by molar-refractivity contribution is -0.222. The monoisotopic (exact) mass is 373 g/mol. The van der Waals surface area contributed by atoms with E-state index in [-0.39, 0.29) is 22.8 Å². The highest BCUT2D eigenvalue weighted by atomic mass is 16.5. The molecular formula is C19H23N3O5. The highest BCUT2D eigenvalue weighted by molar-refractivity contribution is 5.94. The highest BCUT2D eigenvalue weighted by Gasteiger charge is 2.72. The molecule has 1 aliphatic heterocycles. The van der Waals surface area contributed by atoms with Crippen LogP contribution in [-0.4, -0.2) is 50.3 Å². The molecule has 8 heteroatoms. The van der Waals surface area contributed by atoms with Crippen molar-refractivity contribution in [3.63, 3.8) is 0 Å². The van der Waals surface area contributed by atoms with E-state index in [1.54, 1.807) is 11.0 Å². The van der Waals surface area contributed by atoms with Gasteiger partial charge in [-0.15, -0.1) is 0 Å². The van der Waals surface area contributed by atoms with Gasteiger partial charge in [-0.25, -0.2) is 14.6 Å². The fraction of sp³-hybridized carbons (Fsp3) is 0.579. The lowest BCUT2D eigenvalue weighted by Crippen LogP contribution is -2.69. The van der Waals surface area contributed by atoms with Crippen LogP contribution in [0.2, 0.25) is 0 Å². The second-order valence-electron chi connectivity index (χ2n) is 7.91. The Hall–Kier alpha value is -2.64. The molecule has 3 aliphatic carbocycles. The zero-order valence-electron chi connectivity index (χ0n) is 15.5. The third kappa shape index (κ3) is 2.74. The van der Waals surface area contributed by atoms with Crippen molar-refractivity contribution in [1.82, 2.24) is 10.3 Å². The van der Waals surface area contributed by atoms with Gasteiger partial charge in [-0.1, -0.05) is 0 Å². The van der Waals surface area contributed by atoms with E-state index in [0.717, 1.165) is 37.7 Å². The van der Waals surface area contributed by atoms with Gasteiger partial charge in [0.2, 0.25) is 0 Å². The molecule has 8 nitrogen and oxygen atoms in total. The molecule has 27 heavy (non-hydrogen) atoms. The number of carbonyl (C=O) groups is 3. The molecule has 4 aliphatic rings. The van der Waals surface area contributed by atoms with Crippen molar-refractivity contribution in [3.05, 3.63) is 23.4 Å². The Kier molecular flexibility index (Phi) is 4.09. The molecule has 0 unspecified atom stereocenters. The summed E-state index contributed by atoms with van der Waals surface area (Å²) in [7, 11) is 2.75. The van der Waals surface area contributed by atoms with Crippen LogP contribution in [0, 0.1) is 10.8 Å². The Morgan fingerprint density at radius 1 is 1.22 bits per heavy atom. The van der Waals surface area contributed by atoms with Gasteiger partial charge in [0.15, 0.2) is 0 Å². The molecule has 0 saturated heterocycles. The normalized spacial score (nSPS) is 27.6. The van der Waals surface area contributed by atoms with Crippen molar-refractivity contribution < 1.29 is 23.9 Å². The third-order valence-corrected chi connectivity index (χ3v) is 6.07. The number of anilines is 1. The van der Waals surface area contributed by atoms with Gasteiger partial charge in [0.1, 0.15) is 5.82 Å². The van der Waals surface area contributed by atoms with Gasteiger partial charge in [0, 0.05) is 19.3 Å². The lowest BCUT2D eigenvalue weighted by atomic mass is 9.35. The van der Waals surface area contributed by atoms with E-state index < -0.39 is 5.97 Å². The van der Waals surface area contributed by atoms with Gasteiger partial charge in [0.05, 0.1) is 25.2 Å². The predicted octanol–water partition coefficient (Wildman–Crippen LogP) is 1.67. The SMILES string of the molecule is COC(=O)c1cnc2c(c1)CCCN2C(=O)NCC12CC(C(=O)OC)(C1)C2. The second kappa shape index (κ2) is 6.21. The quantitative estimate of drug-likeness (QED) is 0.807. The summed E-state index contributed by atoms with van der Waals surface area (Å²) in [6, 6.07) is 1.56. The predicted molar refractivity (Wildman–Crippen MR) is 95.4 cm³/mol. The summed E-state index contributed by atoms with van der Waals surface area (Å²) in [6.07, 6.45) is 5.36. The molecule has 0 spiro atoms. The number of esters is 2. The number of hydrogen-bond donors (Lipinski definition) is 1. The maximum atomic E-state index is 12.7. The molecule has 2 amide bonds. The van der Waals surface area contributed by atoms with Crippen molar-refractivity contribution >= 4 is 23.8 Å². The fourth-order valence-electron chi connectivity index (χ4n) is 4.87. The van der Waals surface area contributed by atoms with Crippen LogP contribution in [0.5, 0.6) is 0 Å². The number of urea groups is 1. The summed E-state index contributed by atoms with van der Waals surface area (Å²) < 4.78 is 9.59. The number of fused-ring (bicyclic) bond motifs is 1. The molecule has 0 radical (unpaired) electrons. The first kappa shape index (κ1) is 17.8. The molecule has 2 bridgehead atoms. The molecular weight excluding hydrogens is 350 g/mol. The van der Waals surface area contributed by atoms with Crippen molar-refractivity contribution in [3.8, 4) is 0 Å². The first-order chi connectivity index (χ1) is 12.9. The Morgan fingerprint density at radius 3 is 2.63 bits per heavy atom. The Labute approximate surface area is 157 Å². The van der Waals surface area contributed by atoms with Crippen LogP contribution in [-0.2, 0) is 20.7 Å². The number of pyridine rings is 1. The molecule has 3 saturated carbocycles.